The van der Waals surface area contributed by atoms with E-state index in [4.69, 9.17) is 0 Å². The topological polar surface area (TPSA) is 87.8 Å². The van der Waals surface area contributed by atoms with E-state index in [-0.39, 0.29) is 17.5 Å². The molecule has 1 aromatic rings. The second-order valence-electron chi connectivity index (χ2n) is 3.46. The van der Waals surface area contributed by atoms with E-state index in [0.29, 0.717) is 4.88 Å². The molecule has 1 N–H and O–H groups in total. The van der Waals surface area contributed by atoms with Gasteiger partial charge in [0.15, 0.2) is 0 Å². The number of nitro groups is 1. The molecule has 1 heterocycles. The molecule has 0 radical (unpaired) electrons. The van der Waals surface area contributed by atoms with E-state index in [1.165, 1.54) is 12.3 Å². The molecule has 1 aromatic heterocycles. The first kappa shape index (κ1) is 13.3. The van der Waals surface area contributed by atoms with Crippen LogP contribution in [0.4, 0.5) is 5.00 Å². The van der Waals surface area contributed by atoms with Crippen LogP contribution < -0.4 is 5.43 Å². The summed E-state index contributed by atoms with van der Waals surface area (Å²) in [5.41, 5.74) is 2.33. The predicted octanol–water partition coefficient (Wildman–Crippen LogP) is 0.668. The van der Waals surface area contributed by atoms with Gasteiger partial charge in [0.25, 0.3) is 5.91 Å². The van der Waals surface area contributed by atoms with Gasteiger partial charge in [-0.3, -0.25) is 14.9 Å². The summed E-state index contributed by atoms with van der Waals surface area (Å²) in [6.45, 7) is 0.238. The Bertz CT molecular complexity index is 441. The Morgan fingerprint density at radius 2 is 2.35 bits per heavy atom. The van der Waals surface area contributed by atoms with Crippen molar-refractivity contribution in [3.05, 3.63) is 27.1 Å². The number of carbonyl (C=O) groups excluding carboxylic acids is 1. The third-order valence-corrected chi connectivity index (χ3v) is 2.60. The van der Waals surface area contributed by atoms with Crippen LogP contribution in [0.2, 0.25) is 0 Å². The number of carbonyl (C=O) groups is 1. The van der Waals surface area contributed by atoms with Gasteiger partial charge in [0.05, 0.1) is 22.6 Å². The summed E-state index contributed by atoms with van der Waals surface area (Å²) in [5, 5.41) is 14.2. The minimum Gasteiger partial charge on any atom is -0.301 e. The monoisotopic (exact) mass is 256 g/mol. The van der Waals surface area contributed by atoms with Crippen molar-refractivity contribution in [1.82, 2.24) is 10.3 Å². The molecular weight excluding hydrogens is 244 g/mol. The molecule has 0 saturated carbocycles. The lowest BCUT2D eigenvalue weighted by Gasteiger charge is -2.06. The quantitative estimate of drug-likeness (QED) is 0.476. The fourth-order valence-corrected chi connectivity index (χ4v) is 1.69. The van der Waals surface area contributed by atoms with Gasteiger partial charge in [0.2, 0.25) is 0 Å². The fourth-order valence-electron chi connectivity index (χ4n) is 1.00. The summed E-state index contributed by atoms with van der Waals surface area (Å²) >= 11 is 0.996. The van der Waals surface area contributed by atoms with Gasteiger partial charge in [-0.05, 0) is 20.2 Å². The molecule has 0 aliphatic carbocycles. The average molecular weight is 256 g/mol. The van der Waals surface area contributed by atoms with Crippen LogP contribution in [-0.4, -0.2) is 42.6 Å². The fraction of sp³-hybridized carbons (Fsp3) is 0.333. The molecule has 0 aromatic carbocycles. The van der Waals surface area contributed by atoms with Crippen molar-refractivity contribution in [2.24, 2.45) is 5.10 Å². The number of thiophene rings is 1. The van der Waals surface area contributed by atoms with Crippen molar-refractivity contribution in [3.63, 3.8) is 0 Å². The van der Waals surface area contributed by atoms with Crippen molar-refractivity contribution in [2.75, 3.05) is 20.6 Å². The Kier molecular flexibility index (Phi) is 4.73. The molecule has 0 unspecified atom stereocenters. The van der Waals surface area contributed by atoms with Gasteiger partial charge in [0, 0.05) is 6.07 Å². The predicted molar refractivity (Wildman–Crippen MR) is 65.3 cm³/mol. The minimum absolute atomic E-state index is 0.0473. The van der Waals surface area contributed by atoms with Crippen LogP contribution in [-0.2, 0) is 4.79 Å². The summed E-state index contributed by atoms with van der Waals surface area (Å²) < 4.78 is 0. The second kappa shape index (κ2) is 6.06. The summed E-state index contributed by atoms with van der Waals surface area (Å²) in [5.74, 6) is -0.239. The Hall–Kier alpha value is -1.80. The van der Waals surface area contributed by atoms with Gasteiger partial charge in [0.1, 0.15) is 0 Å². The highest BCUT2D eigenvalue weighted by Gasteiger charge is 2.08. The molecule has 8 heteroatoms. The van der Waals surface area contributed by atoms with Crippen molar-refractivity contribution in [3.8, 4) is 0 Å². The minimum atomic E-state index is -0.466. The Balaban J connectivity index is 2.48. The van der Waals surface area contributed by atoms with Gasteiger partial charge in [-0.2, -0.15) is 5.10 Å². The summed E-state index contributed by atoms with van der Waals surface area (Å²) in [7, 11) is 3.54. The SMILES string of the molecule is CN(C)CC(=O)N/N=C\c1ccc([N+](=O)[O-])s1. The largest absolute Gasteiger partial charge is 0.324 e. The molecule has 7 nitrogen and oxygen atoms in total. The average Bonchev–Trinajstić information content (AvgIpc) is 2.65. The van der Waals surface area contributed by atoms with E-state index >= 15 is 0 Å². The molecule has 0 aliphatic heterocycles. The van der Waals surface area contributed by atoms with Crippen LogP contribution in [0.3, 0.4) is 0 Å². The van der Waals surface area contributed by atoms with Crippen molar-refractivity contribution in [1.29, 1.82) is 0 Å². The van der Waals surface area contributed by atoms with Gasteiger partial charge < -0.3 is 4.90 Å². The molecule has 0 aliphatic rings. The van der Waals surface area contributed by atoms with Gasteiger partial charge in [-0.15, -0.1) is 0 Å². The summed E-state index contributed by atoms with van der Waals surface area (Å²) in [4.78, 5) is 23.5. The van der Waals surface area contributed by atoms with E-state index in [2.05, 4.69) is 10.5 Å². The zero-order valence-electron chi connectivity index (χ0n) is 9.41. The first-order valence-corrected chi connectivity index (χ1v) is 5.51. The van der Waals surface area contributed by atoms with E-state index in [1.807, 2.05) is 0 Å². The van der Waals surface area contributed by atoms with Gasteiger partial charge >= 0.3 is 5.00 Å². The maximum Gasteiger partial charge on any atom is 0.324 e. The highest BCUT2D eigenvalue weighted by molar-refractivity contribution is 7.16. The number of nitrogens with zero attached hydrogens (tertiary/aromatic N) is 3. The first-order valence-electron chi connectivity index (χ1n) is 4.70. The van der Waals surface area contributed by atoms with Crippen LogP contribution in [0.25, 0.3) is 0 Å². The number of hydrazone groups is 1. The molecule has 17 heavy (non-hydrogen) atoms. The zero-order valence-corrected chi connectivity index (χ0v) is 10.2. The summed E-state index contributed by atoms with van der Waals surface area (Å²) in [6, 6.07) is 2.97. The maximum absolute atomic E-state index is 11.2. The number of hydrogen-bond acceptors (Lipinski definition) is 6. The van der Waals surface area contributed by atoms with Crippen LogP contribution in [0, 0.1) is 10.1 Å². The molecular formula is C9H12N4O3S. The number of rotatable bonds is 5. The molecule has 0 fully saturated rings. The Labute approximate surface area is 102 Å². The molecule has 92 valence electrons. The Morgan fingerprint density at radius 3 is 2.88 bits per heavy atom. The van der Waals surface area contributed by atoms with Crippen LogP contribution in [0.15, 0.2) is 17.2 Å². The molecule has 1 rings (SSSR count). The van der Waals surface area contributed by atoms with Crippen LogP contribution in [0.5, 0.6) is 0 Å². The number of hydrogen-bond donors (Lipinski definition) is 1. The van der Waals surface area contributed by atoms with Gasteiger partial charge in [-0.25, -0.2) is 5.43 Å². The molecule has 0 atom stereocenters. The number of nitrogens with one attached hydrogen (secondary N) is 1. The van der Waals surface area contributed by atoms with E-state index in [9.17, 15) is 14.9 Å². The lowest BCUT2D eigenvalue weighted by Crippen LogP contribution is -2.30. The van der Waals surface area contributed by atoms with Crippen molar-refractivity contribution >= 4 is 28.5 Å². The van der Waals surface area contributed by atoms with Crippen LogP contribution >= 0.6 is 11.3 Å². The molecule has 1 amide bonds. The normalized spacial score (nSPS) is 11.0. The summed E-state index contributed by atoms with van der Waals surface area (Å²) in [6.07, 6.45) is 1.38. The first-order chi connectivity index (χ1) is 7.99. The lowest BCUT2D eigenvalue weighted by molar-refractivity contribution is -0.380. The van der Waals surface area contributed by atoms with E-state index in [1.54, 1.807) is 25.1 Å². The third-order valence-electron chi connectivity index (χ3n) is 1.63. The highest BCUT2D eigenvalue weighted by atomic mass is 32.1. The zero-order chi connectivity index (χ0) is 12.8. The van der Waals surface area contributed by atoms with Gasteiger partial charge in [-0.1, -0.05) is 11.3 Å². The molecule has 0 bridgehead atoms. The van der Waals surface area contributed by atoms with Crippen molar-refractivity contribution < 1.29 is 9.72 Å². The molecule has 0 spiro atoms. The number of likely N-dealkylation sites (N-methyl/N-ethyl adjacent to an activating group) is 1. The van der Waals surface area contributed by atoms with Crippen molar-refractivity contribution in [2.45, 2.75) is 0 Å². The standard InChI is InChI=1S/C9H12N4O3S/c1-12(2)6-8(14)11-10-5-7-3-4-9(17-7)13(15)16/h3-5H,6H2,1-2H3,(H,11,14)/b10-5-. The molecule has 0 saturated heterocycles. The van der Waals surface area contributed by atoms with E-state index < -0.39 is 4.92 Å². The lowest BCUT2D eigenvalue weighted by atomic mass is 10.5. The smallest absolute Gasteiger partial charge is 0.301 e. The third kappa shape index (κ3) is 4.70. The maximum atomic E-state index is 11.2. The highest BCUT2D eigenvalue weighted by Crippen LogP contribution is 2.22. The number of amides is 1. The van der Waals surface area contributed by atoms with E-state index in [0.717, 1.165) is 11.3 Å². The Morgan fingerprint density at radius 1 is 1.65 bits per heavy atom. The second-order valence-corrected chi connectivity index (χ2v) is 4.56. The van der Waals surface area contributed by atoms with Crippen LogP contribution in [0.1, 0.15) is 4.88 Å².